The highest BCUT2D eigenvalue weighted by Gasteiger charge is 2.22. The van der Waals surface area contributed by atoms with Gasteiger partial charge in [0.25, 0.3) is 5.69 Å². The molecule has 0 spiro atoms. The third kappa shape index (κ3) is 3.43. The van der Waals surface area contributed by atoms with E-state index in [0.29, 0.717) is 5.69 Å². The minimum Gasteiger partial charge on any atom is -0.477 e. The number of carboxylic acids is 1. The summed E-state index contributed by atoms with van der Waals surface area (Å²) in [5.41, 5.74) is 0.0422. The summed E-state index contributed by atoms with van der Waals surface area (Å²) in [4.78, 5) is 23.3. The van der Waals surface area contributed by atoms with Gasteiger partial charge in [-0.05, 0) is 32.4 Å². The van der Waals surface area contributed by atoms with Gasteiger partial charge in [0.05, 0.1) is 4.92 Å². The number of nitro benzene ring substituents is 1. The molecule has 0 saturated heterocycles. The average Bonchev–Trinajstić information content (AvgIpc) is 2.34. The van der Waals surface area contributed by atoms with Crippen molar-refractivity contribution in [2.45, 2.75) is 33.2 Å². The molecule has 0 atom stereocenters. The zero-order valence-corrected chi connectivity index (χ0v) is 11.3. The van der Waals surface area contributed by atoms with Crippen LogP contribution in [-0.2, 0) is 0 Å². The van der Waals surface area contributed by atoms with Crippen LogP contribution in [-0.4, -0.2) is 28.6 Å². The summed E-state index contributed by atoms with van der Waals surface area (Å²) in [6.07, 6.45) is 0.914. The van der Waals surface area contributed by atoms with E-state index >= 15 is 0 Å². The first-order valence-corrected chi connectivity index (χ1v) is 6.16. The standard InChI is InChI=1S/C13H18N2O4/c1-4-7-14(9(2)3)10-5-6-12(15(18)19)11(8-10)13(16)17/h5-6,8-9H,4,7H2,1-3H3,(H,16,17). The van der Waals surface area contributed by atoms with Gasteiger partial charge in [0.15, 0.2) is 0 Å². The molecular weight excluding hydrogens is 248 g/mol. The molecule has 0 aliphatic carbocycles. The fraction of sp³-hybridized carbons (Fsp3) is 0.462. The van der Waals surface area contributed by atoms with Crippen molar-refractivity contribution < 1.29 is 14.8 Å². The minimum absolute atomic E-state index is 0.197. The van der Waals surface area contributed by atoms with Gasteiger partial charge in [0.2, 0.25) is 0 Å². The maximum Gasteiger partial charge on any atom is 0.342 e. The number of benzene rings is 1. The number of hydrogen-bond donors (Lipinski definition) is 1. The number of nitro groups is 1. The van der Waals surface area contributed by atoms with Crippen molar-refractivity contribution in [3.05, 3.63) is 33.9 Å². The van der Waals surface area contributed by atoms with Crippen molar-refractivity contribution in [2.75, 3.05) is 11.4 Å². The molecule has 0 unspecified atom stereocenters. The monoisotopic (exact) mass is 266 g/mol. The second-order valence-corrected chi connectivity index (χ2v) is 4.55. The summed E-state index contributed by atoms with van der Waals surface area (Å²) >= 11 is 0. The van der Waals surface area contributed by atoms with E-state index in [2.05, 4.69) is 0 Å². The Morgan fingerprint density at radius 1 is 1.47 bits per heavy atom. The molecule has 6 heteroatoms. The molecule has 1 aromatic carbocycles. The molecule has 1 N–H and O–H groups in total. The summed E-state index contributed by atoms with van der Waals surface area (Å²) in [6.45, 7) is 6.79. The summed E-state index contributed by atoms with van der Waals surface area (Å²) in [7, 11) is 0. The Balaban J connectivity index is 3.27. The van der Waals surface area contributed by atoms with Gasteiger partial charge in [-0.1, -0.05) is 6.92 Å². The Morgan fingerprint density at radius 3 is 2.53 bits per heavy atom. The van der Waals surface area contributed by atoms with Crippen LogP contribution in [0.5, 0.6) is 0 Å². The van der Waals surface area contributed by atoms with E-state index in [1.54, 1.807) is 6.07 Å². The summed E-state index contributed by atoms with van der Waals surface area (Å²) < 4.78 is 0. The van der Waals surface area contributed by atoms with E-state index < -0.39 is 10.9 Å². The second-order valence-electron chi connectivity index (χ2n) is 4.55. The van der Waals surface area contributed by atoms with Gasteiger partial charge >= 0.3 is 5.97 Å². The molecule has 0 fully saturated rings. The molecule has 19 heavy (non-hydrogen) atoms. The molecule has 1 rings (SSSR count). The van der Waals surface area contributed by atoms with Crippen LogP contribution in [0.3, 0.4) is 0 Å². The van der Waals surface area contributed by atoms with E-state index in [9.17, 15) is 14.9 Å². The molecule has 0 radical (unpaired) electrons. The van der Waals surface area contributed by atoms with Gasteiger partial charge in [-0.3, -0.25) is 10.1 Å². The first-order valence-electron chi connectivity index (χ1n) is 6.16. The van der Waals surface area contributed by atoms with Crippen LogP contribution in [0.15, 0.2) is 18.2 Å². The molecule has 0 aliphatic heterocycles. The number of hydrogen-bond acceptors (Lipinski definition) is 4. The van der Waals surface area contributed by atoms with E-state index in [-0.39, 0.29) is 17.3 Å². The lowest BCUT2D eigenvalue weighted by molar-refractivity contribution is -0.385. The Labute approximate surface area is 111 Å². The molecule has 104 valence electrons. The molecule has 0 aromatic heterocycles. The van der Waals surface area contributed by atoms with Crippen LogP contribution in [0.2, 0.25) is 0 Å². The fourth-order valence-electron chi connectivity index (χ4n) is 1.96. The van der Waals surface area contributed by atoms with Gasteiger partial charge in [-0.25, -0.2) is 4.79 Å². The van der Waals surface area contributed by atoms with Crippen LogP contribution < -0.4 is 4.90 Å². The molecule has 6 nitrogen and oxygen atoms in total. The molecule has 0 saturated carbocycles. The van der Waals surface area contributed by atoms with Crippen molar-refractivity contribution in [1.82, 2.24) is 0 Å². The minimum atomic E-state index is -1.28. The SMILES string of the molecule is CCCN(c1ccc([N+](=O)[O-])c(C(=O)O)c1)C(C)C. The highest BCUT2D eigenvalue weighted by Crippen LogP contribution is 2.26. The quantitative estimate of drug-likeness (QED) is 0.632. The van der Waals surface area contributed by atoms with Gasteiger partial charge in [0.1, 0.15) is 5.56 Å². The van der Waals surface area contributed by atoms with E-state index in [1.807, 2.05) is 25.7 Å². The average molecular weight is 266 g/mol. The van der Waals surface area contributed by atoms with E-state index in [1.165, 1.54) is 12.1 Å². The smallest absolute Gasteiger partial charge is 0.342 e. The molecule has 0 amide bonds. The van der Waals surface area contributed by atoms with Crippen molar-refractivity contribution in [2.24, 2.45) is 0 Å². The third-order valence-corrected chi connectivity index (χ3v) is 2.83. The molecule has 0 bridgehead atoms. The zero-order valence-electron chi connectivity index (χ0n) is 11.3. The van der Waals surface area contributed by atoms with Crippen LogP contribution in [0.4, 0.5) is 11.4 Å². The maximum atomic E-state index is 11.1. The predicted molar refractivity (Wildman–Crippen MR) is 72.8 cm³/mol. The maximum absolute atomic E-state index is 11.1. The number of nitrogens with zero attached hydrogens (tertiary/aromatic N) is 2. The summed E-state index contributed by atoms with van der Waals surface area (Å²) in [5, 5.41) is 19.9. The topological polar surface area (TPSA) is 83.7 Å². The Bertz CT molecular complexity index is 486. The molecule has 1 aromatic rings. The lowest BCUT2D eigenvalue weighted by Gasteiger charge is -2.28. The Kier molecular flexibility index (Phi) is 4.86. The van der Waals surface area contributed by atoms with Gasteiger partial charge in [0, 0.05) is 24.3 Å². The first-order chi connectivity index (χ1) is 8.88. The number of rotatable bonds is 6. The van der Waals surface area contributed by atoms with Crippen molar-refractivity contribution in [1.29, 1.82) is 0 Å². The van der Waals surface area contributed by atoms with Crippen LogP contribution in [0.25, 0.3) is 0 Å². The first kappa shape index (κ1) is 14.9. The van der Waals surface area contributed by atoms with Crippen molar-refractivity contribution in [3.63, 3.8) is 0 Å². The highest BCUT2D eigenvalue weighted by molar-refractivity contribution is 5.93. The lowest BCUT2D eigenvalue weighted by atomic mass is 10.1. The largest absolute Gasteiger partial charge is 0.477 e. The van der Waals surface area contributed by atoms with Gasteiger partial charge in [-0.2, -0.15) is 0 Å². The molecule has 0 aliphatic rings. The Hall–Kier alpha value is -2.11. The summed E-state index contributed by atoms with van der Waals surface area (Å²) in [5.74, 6) is -1.28. The number of carbonyl (C=O) groups is 1. The number of carboxylic acid groups (broad SMARTS) is 1. The third-order valence-electron chi connectivity index (χ3n) is 2.83. The van der Waals surface area contributed by atoms with Crippen LogP contribution >= 0.6 is 0 Å². The number of anilines is 1. The van der Waals surface area contributed by atoms with Gasteiger partial charge < -0.3 is 10.0 Å². The summed E-state index contributed by atoms with van der Waals surface area (Å²) in [6, 6.07) is 4.42. The van der Waals surface area contributed by atoms with Crippen LogP contribution in [0, 0.1) is 10.1 Å². The van der Waals surface area contributed by atoms with Crippen molar-refractivity contribution >= 4 is 17.3 Å². The zero-order chi connectivity index (χ0) is 14.6. The second kappa shape index (κ2) is 6.17. The fourth-order valence-corrected chi connectivity index (χ4v) is 1.96. The number of aromatic carboxylic acids is 1. The van der Waals surface area contributed by atoms with E-state index in [4.69, 9.17) is 5.11 Å². The van der Waals surface area contributed by atoms with E-state index in [0.717, 1.165) is 13.0 Å². The normalized spacial score (nSPS) is 10.5. The Morgan fingerprint density at radius 2 is 2.11 bits per heavy atom. The molecular formula is C13H18N2O4. The van der Waals surface area contributed by atoms with Crippen molar-refractivity contribution in [3.8, 4) is 0 Å². The highest BCUT2D eigenvalue weighted by atomic mass is 16.6. The lowest BCUT2D eigenvalue weighted by Crippen LogP contribution is -2.31. The predicted octanol–water partition coefficient (Wildman–Crippen LogP) is 2.92. The van der Waals surface area contributed by atoms with Crippen LogP contribution in [0.1, 0.15) is 37.6 Å². The van der Waals surface area contributed by atoms with Gasteiger partial charge in [-0.15, -0.1) is 0 Å². The molecule has 0 heterocycles.